The standard InChI is InChI=1S/C15H13F2NO4S/c1-2-22-15(19)11-5-3-4-6-13(11)18-23(20,21)14-9-10(16)7-8-12(14)17/h3-9,18H,2H2,1H3. The van der Waals surface area contributed by atoms with E-state index in [9.17, 15) is 22.0 Å². The van der Waals surface area contributed by atoms with Crippen LogP contribution in [0, 0.1) is 11.6 Å². The molecule has 8 heteroatoms. The van der Waals surface area contributed by atoms with E-state index in [-0.39, 0.29) is 17.9 Å². The first-order chi connectivity index (χ1) is 10.8. The molecule has 0 fully saturated rings. The molecule has 0 bridgehead atoms. The number of ether oxygens (including phenoxy) is 1. The van der Waals surface area contributed by atoms with Gasteiger partial charge in [0.2, 0.25) is 0 Å². The predicted molar refractivity (Wildman–Crippen MR) is 79.6 cm³/mol. The van der Waals surface area contributed by atoms with E-state index in [4.69, 9.17) is 4.74 Å². The Morgan fingerprint density at radius 1 is 1.17 bits per heavy atom. The molecule has 0 saturated heterocycles. The van der Waals surface area contributed by atoms with Crippen molar-refractivity contribution in [3.8, 4) is 0 Å². The lowest BCUT2D eigenvalue weighted by atomic mass is 10.2. The molecule has 0 heterocycles. The molecule has 0 aliphatic carbocycles. The van der Waals surface area contributed by atoms with Crippen molar-refractivity contribution in [2.24, 2.45) is 0 Å². The predicted octanol–water partition coefficient (Wildman–Crippen LogP) is 2.94. The number of carbonyl (C=O) groups excluding carboxylic acids is 1. The summed E-state index contributed by atoms with van der Waals surface area (Å²) in [6, 6.07) is 7.76. The Kier molecular flexibility index (Phi) is 4.95. The van der Waals surface area contributed by atoms with Gasteiger partial charge in [0.05, 0.1) is 17.9 Å². The molecule has 23 heavy (non-hydrogen) atoms. The molecule has 0 amide bonds. The summed E-state index contributed by atoms with van der Waals surface area (Å²) in [5.41, 5.74) is -0.121. The van der Waals surface area contributed by atoms with Crippen molar-refractivity contribution in [3.63, 3.8) is 0 Å². The Morgan fingerprint density at radius 2 is 1.87 bits per heavy atom. The third kappa shape index (κ3) is 3.84. The first kappa shape index (κ1) is 16.9. The Morgan fingerprint density at radius 3 is 2.57 bits per heavy atom. The topological polar surface area (TPSA) is 72.5 Å². The quantitative estimate of drug-likeness (QED) is 0.849. The van der Waals surface area contributed by atoms with Gasteiger partial charge in [0.15, 0.2) is 0 Å². The molecule has 1 N–H and O–H groups in total. The minimum atomic E-state index is -4.41. The maximum atomic E-state index is 13.7. The molecule has 0 aromatic heterocycles. The molecule has 0 aliphatic rings. The average molecular weight is 341 g/mol. The number of benzene rings is 2. The van der Waals surface area contributed by atoms with E-state index in [1.165, 1.54) is 24.3 Å². The summed E-state index contributed by atoms with van der Waals surface area (Å²) in [5, 5.41) is 0. The van der Waals surface area contributed by atoms with Crippen LogP contribution in [-0.4, -0.2) is 21.0 Å². The van der Waals surface area contributed by atoms with Crippen LogP contribution in [0.3, 0.4) is 0 Å². The highest BCUT2D eigenvalue weighted by molar-refractivity contribution is 7.92. The number of anilines is 1. The normalized spacial score (nSPS) is 11.1. The maximum absolute atomic E-state index is 13.7. The number of para-hydroxylation sites is 1. The third-order valence-electron chi connectivity index (χ3n) is 2.85. The molecule has 0 unspecified atom stereocenters. The highest BCUT2D eigenvalue weighted by Crippen LogP contribution is 2.23. The molecule has 0 aliphatic heterocycles. The van der Waals surface area contributed by atoms with Crippen LogP contribution in [0.2, 0.25) is 0 Å². The van der Waals surface area contributed by atoms with Gasteiger partial charge in [0.1, 0.15) is 16.5 Å². The lowest BCUT2D eigenvalue weighted by molar-refractivity contribution is 0.0527. The first-order valence-electron chi connectivity index (χ1n) is 6.59. The van der Waals surface area contributed by atoms with Crippen LogP contribution in [0.25, 0.3) is 0 Å². The van der Waals surface area contributed by atoms with Crippen molar-refractivity contribution < 1.29 is 26.7 Å². The van der Waals surface area contributed by atoms with Crippen LogP contribution in [0.15, 0.2) is 47.4 Å². The highest BCUT2D eigenvalue weighted by atomic mass is 32.2. The zero-order valence-corrected chi connectivity index (χ0v) is 12.9. The van der Waals surface area contributed by atoms with E-state index in [0.717, 1.165) is 6.07 Å². The summed E-state index contributed by atoms with van der Waals surface area (Å²) < 4.78 is 58.2. The van der Waals surface area contributed by atoms with E-state index < -0.39 is 32.5 Å². The van der Waals surface area contributed by atoms with Crippen molar-refractivity contribution in [2.45, 2.75) is 11.8 Å². The molecule has 5 nitrogen and oxygen atoms in total. The van der Waals surface area contributed by atoms with Crippen LogP contribution in [0.1, 0.15) is 17.3 Å². The summed E-state index contributed by atoms with van der Waals surface area (Å²) >= 11 is 0. The Hall–Kier alpha value is -2.48. The molecule has 2 rings (SSSR count). The van der Waals surface area contributed by atoms with Gasteiger partial charge >= 0.3 is 5.97 Å². The van der Waals surface area contributed by atoms with Crippen LogP contribution >= 0.6 is 0 Å². The Labute approximate surface area is 132 Å². The number of sulfonamides is 1. The highest BCUT2D eigenvalue weighted by Gasteiger charge is 2.22. The molecule has 0 saturated carbocycles. The molecular formula is C15H13F2NO4S. The Bertz CT molecular complexity index is 837. The van der Waals surface area contributed by atoms with E-state index in [1.54, 1.807) is 6.92 Å². The van der Waals surface area contributed by atoms with E-state index in [0.29, 0.717) is 12.1 Å². The summed E-state index contributed by atoms with van der Waals surface area (Å²) in [6.07, 6.45) is 0. The number of rotatable bonds is 5. The molecule has 2 aromatic carbocycles. The van der Waals surface area contributed by atoms with Crippen molar-refractivity contribution in [1.29, 1.82) is 0 Å². The van der Waals surface area contributed by atoms with Crippen molar-refractivity contribution in [3.05, 3.63) is 59.7 Å². The van der Waals surface area contributed by atoms with Gasteiger partial charge in [-0.25, -0.2) is 22.0 Å². The summed E-state index contributed by atoms with van der Waals surface area (Å²) in [7, 11) is -4.41. The van der Waals surface area contributed by atoms with Crippen molar-refractivity contribution in [2.75, 3.05) is 11.3 Å². The van der Waals surface area contributed by atoms with Gasteiger partial charge in [-0.3, -0.25) is 4.72 Å². The Balaban J connectivity index is 2.42. The molecule has 0 spiro atoms. The first-order valence-corrected chi connectivity index (χ1v) is 8.07. The van der Waals surface area contributed by atoms with Gasteiger partial charge < -0.3 is 4.74 Å². The zero-order valence-electron chi connectivity index (χ0n) is 12.0. The number of hydrogen-bond acceptors (Lipinski definition) is 4. The van der Waals surface area contributed by atoms with E-state index in [1.807, 2.05) is 0 Å². The van der Waals surface area contributed by atoms with Crippen LogP contribution < -0.4 is 4.72 Å². The second-order valence-corrected chi connectivity index (χ2v) is 6.10. The number of halogens is 2. The lowest BCUT2D eigenvalue weighted by Gasteiger charge is -2.12. The van der Waals surface area contributed by atoms with Crippen molar-refractivity contribution >= 4 is 21.7 Å². The largest absolute Gasteiger partial charge is 0.462 e. The van der Waals surface area contributed by atoms with Crippen LogP contribution in [0.5, 0.6) is 0 Å². The van der Waals surface area contributed by atoms with E-state index in [2.05, 4.69) is 4.72 Å². The number of carbonyl (C=O) groups is 1. The summed E-state index contributed by atoms with van der Waals surface area (Å²) in [5.74, 6) is -2.73. The van der Waals surface area contributed by atoms with Crippen molar-refractivity contribution in [1.82, 2.24) is 0 Å². The number of nitrogens with one attached hydrogen (secondary N) is 1. The molecule has 122 valence electrons. The molecule has 0 radical (unpaired) electrons. The van der Waals surface area contributed by atoms with Gasteiger partial charge in [-0.1, -0.05) is 12.1 Å². The number of esters is 1. The third-order valence-corrected chi connectivity index (χ3v) is 4.23. The smallest absolute Gasteiger partial charge is 0.340 e. The van der Waals surface area contributed by atoms with Crippen LogP contribution in [0.4, 0.5) is 14.5 Å². The fourth-order valence-corrected chi connectivity index (χ4v) is 3.01. The minimum absolute atomic E-state index is 0.0327. The SMILES string of the molecule is CCOC(=O)c1ccccc1NS(=O)(=O)c1cc(F)ccc1F. The average Bonchev–Trinajstić information content (AvgIpc) is 2.50. The summed E-state index contributed by atoms with van der Waals surface area (Å²) in [6.45, 7) is 1.71. The van der Waals surface area contributed by atoms with Gasteiger partial charge in [0, 0.05) is 0 Å². The number of hydrogen-bond donors (Lipinski definition) is 1. The fraction of sp³-hybridized carbons (Fsp3) is 0.133. The summed E-state index contributed by atoms with van der Waals surface area (Å²) in [4.78, 5) is 11.0. The van der Waals surface area contributed by atoms with Gasteiger partial charge in [-0.05, 0) is 37.3 Å². The van der Waals surface area contributed by atoms with Gasteiger partial charge in [-0.15, -0.1) is 0 Å². The molecule has 0 atom stereocenters. The molecule has 2 aromatic rings. The minimum Gasteiger partial charge on any atom is -0.462 e. The van der Waals surface area contributed by atoms with Crippen LogP contribution in [-0.2, 0) is 14.8 Å². The fourth-order valence-electron chi connectivity index (χ4n) is 1.84. The van der Waals surface area contributed by atoms with E-state index >= 15 is 0 Å². The monoisotopic (exact) mass is 341 g/mol. The molecular weight excluding hydrogens is 328 g/mol. The second kappa shape index (κ2) is 6.74. The van der Waals surface area contributed by atoms with Gasteiger partial charge in [-0.2, -0.15) is 0 Å². The second-order valence-electron chi connectivity index (χ2n) is 4.45. The lowest BCUT2D eigenvalue weighted by Crippen LogP contribution is -2.17. The maximum Gasteiger partial charge on any atom is 0.340 e. The zero-order chi connectivity index (χ0) is 17.0. The van der Waals surface area contributed by atoms with Gasteiger partial charge in [0.25, 0.3) is 10.0 Å².